The fourth-order valence-corrected chi connectivity index (χ4v) is 6.22. The molecule has 5 rings (SSSR count). The van der Waals surface area contributed by atoms with Crippen molar-refractivity contribution in [1.29, 1.82) is 0 Å². The molecule has 0 amide bonds. The van der Waals surface area contributed by atoms with Crippen LogP contribution in [-0.2, 0) is 27.3 Å². The van der Waals surface area contributed by atoms with Crippen LogP contribution in [0.2, 0.25) is 5.02 Å². The zero-order chi connectivity index (χ0) is 31.1. The van der Waals surface area contributed by atoms with Gasteiger partial charge < -0.3 is 29.3 Å². The molecule has 43 heavy (non-hydrogen) atoms. The summed E-state index contributed by atoms with van der Waals surface area (Å²) in [5.41, 5.74) is 6.72. The summed E-state index contributed by atoms with van der Waals surface area (Å²) in [4.78, 5) is 29.1. The lowest BCUT2D eigenvalue weighted by Crippen LogP contribution is -2.42. The van der Waals surface area contributed by atoms with E-state index in [1.54, 1.807) is 0 Å². The van der Waals surface area contributed by atoms with E-state index < -0.39 is 17.7 Å². The van der Waals surface area contributed by atoms with Gasteiger partial charge in [0, 0.05) is 54.2 Å². The van der Waals surface area contributed by atoms with Crippen molar-refractivity contribution in [3.8, 4) is 11.1 Å². The molecule has 0 spiro atoms. The first-order valence-corrected chi connectivity index (χ1v) is 15.2. The van der Waals surface area contributed by atoms with E-state index >= 15 is 0 Å². The number of rotatable bonds is 10. The van der Waals surface area contributed by atoms with Gasteiger partial charge in [0.25, 0.3) is 0 Å². The molecule has 10 heteroatoms. The van der Waals surface area contributed by atoms with Gasteiger partial charge in [-0.25, -0.2) is 14.8 Å². The molecule has 9 nitrogen and oxygen atoms in total. The first-order valence-electron chi connectivity index (χ1n) is 14.8. The summed E-state index contributed by atoms with van der Waals surface area (Å²) in [7, 11) is 4.03. The Morgan fingerprint density at radius 1 is 1.14 bits per heavy atom. The van der Waals surface area contributed by atoms with Crippen LogP contribution in [0.25, 0.3) is 11.1 Å². The quantitative estimate of drug-likeness (QED) is 0.277. The van der Waals surface area contributed by atoms with E-state index in [0.717, 1.165) is 58.7 Å². The van der Waals surface area contributed by atoms with E-state index in [0.29, 0.717) is 36.3 Å². The van der Waals surface area contributed by atoms with Crippen LogP contribution in [0.5, 0.6) is 0 Å². The third-order valence-electron chi connectivity index (χ3n) is 7.97. The Morgan fingerprint density at radius 2 is 1.81 bits per heavy atom. The number of likely N-dealkylation sites (N-methyl/N-ethyl adjacent to an activating group) is 1. The van der Waals surface area contributed by atoms with Crippen LogP contribution in [-0.4, -0.2) is 77.9 Å². The fourth-order valence-electron chi connectivity index (χ4n) is 6.09. The highest BCUT2D eigenvalue weighted by atomic mass is 35.5. The molecule has 0 radical (unpaired) electrons. The summed E-state index contributed by atoms with van der Waals surface area (Å²) in [6.07, 6.45) is 3.23. The molecule has 230 valence electrons. The second-order valence-corrected chi connectivity index (χ2v) is 13.1. The number of hydrogen-bond donors (Lipinski definition) is 1. The number of carboxylic acid groups (broad SMARTS) is 1. The van der Waals surface area contributed by atoms with E-state index in [1.807, 2.05) is 78.4 Å². The maximum atomic E-state index is 12.9. The summed E-state index contributed by atoms with van der Waals surface area (Å²) in [5, 5.41) is 11.2. The highest BCUT2D eigenvalue weighted by molar-refractivity contribution is 6.30. The van der Waals surface area contributed by atoms with Crippen molar-refractivity contribution < 1.29 is 19.4 Å². The lowest BCUT2D eigenvalue weighted by atomic mass is 9.84. The topological polar surface area (TPSA) is 91.3 Å². The Hall–Kier alpha value is -3.24. The smallest absolute Gasteiger partial charge is 0.337 e. The van der Waals surface area contributed by atoms with Crippen molar-refractivity contribution in [3.05, 3.63) is 63.9 Å². The van der Waals surface area contributed by atoms with Crippen LogP contribution in [0, 0.1) is 6.92 Å². The minimum Gasteiger partial charge on any atom is -0.479 e. The number of carbonyl (C=O) groups is 1. The number of ether oxygens (including phenoxy) is 2. The van der Waals surface area contributed by atoms with Gasteiger partial charge >= 0.3 is 5.97 Å². The molecule has 0 saturated carbocycles. The number of aliphatic carboxylic acids is 1. The number of aromatic nitrogens is 2. The predicted molar refractivity (Wildman–Crippen MR) is 171 cm³/mol. The molecule has 3 heterocycles. The Balaban J connectivity index is 1.66. The lowest BCUT2D eigenvalue weighted by molar-refractivity contribution is -0.160. The van der Waals surface area contributed by atoms with Crippen molar-refractivity contribution >= 4 is 34.9 Å². The van der Waals surface area contributed by atoms with Crippen molar-refractivity contribution in [2.24, 2.45) is 0 Å². The monoisotopic (exact) mass is 607 g/mol. The summed E-state index contributed by atoms with van der Waals surface area (Å²) in [6, 6.07) is 7.90. The molecule has 2 atom stereocenters. The van der Waals surface area contributed by atoms with Crippen LogP contribution >= 0.6 is 11.6 Å². The number of benzene rings is 2. The number of halogens is 1. The summed E-state index contributed by atoms with van der Waals surface area (Å²) in [5.74, 6) is -0.448. The molecule has 0 fully saturated rings. The van der Waals surface area contributed by atoms with Gasteiger partial charge in [0.15, 0.2) is 6.10 Å². The molecule has 1 unspecified atom stereocenters. The summed E-state index contributed by atoms with van der Waals surface area (Å²) < 4.78 is 12.1. The average molecular weight is 608 g/mol. The van der Waals surface area contributed by atoms with E-state index in [-0.39, 0.29) is 6.04 Å². The van der Waals surface area contributed by atoms with E-state index in [9.17, 15) is 9.90 Å². The largest absolute Gasteiger partial charge is 0.479 e. The van der Waals surface area contributed by atoms with Gasteiger partial charge in [0.1, 0.15) is 0 Å². The van der Waals surface area contributed by atoms with Crippen molar-refractivity contribution in [2.45, 2.75) is 65.4 Å². The third-order valence-corrected chi connectivity index (χ3v) is 8.22. The minimum atomic E-state index is -1.18. The van der Waals surface area contributed by atoms with Crippen LogP contribution in [0.1, 0.15) is 56.1 Å². The summed E-state index contributed by atoms with van der Waals surface area (Å²) >= 11 is 6.28. The maximum Gasteiger partial charge on any atom is 0.337 e. The van der Waals surface area contributed by atoms with Gasteiger partial charge in [-0.05, 0) is 89.5 Å². The summed E-state index contributed by atoms with van der Waals surface area (Å²) in [6.45, 7) is 13.3. The Kier molecular flexibility index (Phi) is 9.00. The van der Waals surface area contributed by atoms with Crippen LogP contribution in [0.3, 0.4) is 0 Å². The van der Waals surface area contributed by atoms with Gasteiger partial charge in [-0.2, -0.15) is 0 Å². The zero-order valence-electron chi connectivity index (χ0n) is 26.1. The molecule has 1 N–H and O–H groups in total. The van der Waals surface area contributed by atoms with Crippen molar-refractivity contribution in [1.82, 2.24) is 14.9 Å². The Bertz CT molecular complexity index is 1470. The van der Waals surface area contributed by atoms with Gasteiger partial charge in [-0.1, -0.05) is 23.7 Å². The van der Waals surface area contributed by atoms with Crippen LogP contribution in [0.4, 0.5) is 17.3 Å². The Morgan fingerprint density at radius 3 is 2.42 bits per heavy atom. The molecule has 2 aromatic carbocycles. The molecule has 0 bridgehead atoms. The first-order chi connectivity index (χ1) is 20.4. The normalized spacial score (nSPS) is 17.0. The molecule has 0 aliphatic carbocycles. The second kappa shape index (κ2) is 12.4. The number of carboxylic acids is 1. The van der Waals surface area contributed by atoms with E-state index in [2.05, 4.69) is 21.6 Å². The van der Waals surface area contributed by atoms with Crippen LogP contribution < -0.4 is 9.80 Å². The molecule has 0 saturated heterocycles. The highest BCUT2D eigenvalue weighted by Gasteiger charge is 2.42. The highest BCUT2D eigenvalue weighted by Crippen LogP contribution is 2.54. The van der Waals surface area contributed by atoms with Gasteiger partial charge in [-0.15, -0.1) is 0 Å². The number of anilines is 3. The third kappa shape index (κ3) is 6.50. The predicted octanol–water partition coefficient (Wildman–Crippen LogP) is 6.03. The molecule has 2 aliphatic heterocycles. The molecular formula is C33H42ClN5O4. The van der Waals surface area contributed by atoms with E-state index in [1.165, 1.54) is 0 Å². The molecule has 2 aliphatic rings. The SMILES string of the molecule is Cc1c([C@H](OC(C)(C)C)C(=O)O)c(-c2ccc(Cl)cc2)c2c3c1N(c1ncc(COCCN(C)C)cn1)CCN3C(C)C2. The van der Waals surface area contributed by atoms with Crippen molar-refractivity contribution in [3.63, 3.8) is 0 Å². The zero-order valence-corrected chi connectivity index (χ0v) is 26.9. The van der Waals surface area contributed by atoms with Gasteiger partial charge in [0.2, 0.25) is 5.95 Å². The van der Waals surface area contributed by atoms with Crippen LogP contribution in [0.15, 0.2) is 36.7 Å². The standard InChI is InChI=1S/C33H42ClN5O4/c1-20-16-25-27(23-8-10-24(34)11-9-23)26(30(31(40)41)43-33(3,4)5)21(2)28-29(25)38(20)12-13-39(28)32-35-17-22(18-36-32)19-42-15-14-37(6)7/h8-11,17-18,20,30H,12-16,19H2,1-7H3,(H,40,41)/t20?,30-/m0/s1. The van der Waals surface area contributed by atoms with Gasteiger partial charge in [-0.3, -0.25) is 0 Å². The van der Waals surface area contributed by atoms with Gasteiger partial charge in [0.05, 0.1) is 30.2 Å². The molecular weight excluding hydrogens is 566 g/mol. The molecule has 3 aromatic rings. The second-order valence-electron chi connectivity index (χ2n) is 12.7. The maximum absolute atomic E-state index is 12.9. The number of nitrogens with zero attached hydrogens (tertiary/aromatic N) is 5. The number of hydrogen-bond acceptors (Lipinski definition) is 8. The average Bonchev–Trinajstić information content (AvgIpc) is 3.28. The minimum absolute atomic E-state index is 0.256. The first kappa shape index (κ1) is 31.2. The Labute approximate surface area is 259 Å². The van der Waals surface area contributed by atoms with Crippen molar-refractivity contribution in [2.75, 3.05) is 50.1 Å². The fraction of sp³-hybridized carbons (Fsp3) is 0.485. The van der Waals surface area contributed by atoms with E-state index in [4.69, 9.17) is 31.0 Å². The lowest BCUT2D eigenvalue weighted by Gasteiger charge is -2.40. The molecule has 1 aromatic heterocycles.